The van der Waals surface area contributed by atoms with E-state index < -0.39 is 0 Å². The van der Waals surface area contributed by atoms with Crippen LogP contribution in [0.5, 0.6) is 11.5 Å². The molecule has 0 N–H and O–H groups in total. The Kier molecular flexibility index (Phi) is 5.07. The van der Waals surface area contributed by atoms with Gasteiger partial charge in [-0.15, -0.1) is 0 Å². The third-order valence-corrected chi connectivity index (χ3v) is 4.82. The first-order chi connectivity index (χ1) is 13.2. The molecule has 4 rings (SSSR count). The zero-order valence-corrected chi connectivity index (χ0v) is 14.9. The lowest BCUT2D eigenvalue weighted by molar-refractivity contribution is 0.0926. The number of carbonyl (C=O) groups is 1. The summed E-state index contributed by atoms with van der Waals surface area (Å²) in [6.07, 6.45) is 3.35. The summed E-state index contributed by atoms with van der Waals surface area (Å²) in [5.41, 5.74) is 1.23. The molecular weight excluding hydrogens is 347 g/mol. The van der Waals surface area contributed by atoms with Gasteiger partial charge in [-0.1, -0.05) is 12.1 Å². The normalized spacial score (nSPS) is 16.9. The number of halogens is 1. The zero-order valence-electron chi connectivity index (χ0n) is 14.9. The number of nitrogens with zero attached hydrogens (tertiary/aromatic N) is 2. The second-order valence-corrected chi connectivity index (χ2v) is 6.60. The zero-order chi connectivity index (χ0) is 18.6. The summed E-state index contributed by atoms with van der Waals surface area (Å²) in [6, 6.07) is 12.1. The van der Waals surface area contributed by atoms with Crippen LogP contribution < -0.4 is 14.4 Å². The van der Waals surface area contributed by atoms with E-state index in [0.717, 1.165) is 0 Å². The highest BCUT2D eigenvalue weighted by molar-refractivity contribution is 5.98. The maximum atomic E-state index is 13.9. The molecule has 2 aliphatic rings. The van der Waals surface area contributed by atoms with Gasteiger partial charge in [0.15, 0.2) is 17.3 Å². The van der Waals surface area contributed by atoms with Gasteiger partial charge in [0.05, 0.1) is 18.5 Å². The monoisotopic (exact) mass is 368 g/mol. The molecule has 2 aromatic carbocycles. The molecule has 5 nitrogen and oxygen atoms in total. The predicted octanol–water partition coefficient (Wildman–Crippen LogP) is 3.12. The van der Waals surface area contributed by atoms with E-state index in [9.17, 15) is 9.18 Å². The third-order valence-electron chi connectivity index (χ3n) is 4.82. The minimum Gasteiger partial charge on any atom is -0.485 e. The molecule has 6 heteroatoms. The fraction of sp³-hybridized carbons (Fsp3) is 0.286. The number of hydrogen-bond donors (Lipinski definition) is 0. The third kappa shape index (κ3) is 3.95. The first kappa shape index (κ1) is 17.5. The van der Waals surface area contributed by atoms with Crippen molar-refractivity contribution in [2.75, 3.05) is 44.2 Å². The van der Waals surface area contributed by atoms with Gasteiger partial charge >= 0.3 is 0 Å². The summed E-state index contributed by atoms with van der Waals surface area (Å²) in [5, 5.41) is 0. The molecule has 1 fully saturated rings. The maximum Gasteiger partial charge on any atom is 0.176 e. The van der Waals surface area contributed by atoms with Crippen LogP contribution in [-0.4, -0.2) is 50.0 Å². The standard InChI is InChI=1S/C21H21FN2O3/c22-17-4-1-2-5-18(17)24-10-8-23(9-11-24)15-19(25)16-6-7-20-21(14-16)27-13-3-12-26-20/h1-7,13-14H,8-12,15H2. The minimum atomic E-state index is -0.205. The Bertz CT molecular complexity index is 860. The minimum absolute atomic E-state index is 0.0361. The quantitative estimate of drug-likeness (QED) is 0.776. The molecule has 0 saturated carbocycles. The molecule has 0 spiro atoms. The van der Waals surface area contributed by atoms with E-state index in [4.69, 9.17) is 9.47 Å². The fourth-order valence-electron chi connectivity index (χ4n) is 3.34. The second kappa shape index (κ2) is 7.80. The number of para-hydroxylation sites is 1. The van der Waals surface area contributed by atoms with Gasteiger partial charge in [-0.2, -0.15) is 0 Å². The second-order valence-electron chi connectivity index (χ2n) is 6.60. The first-order valence-electron chi connectivity index (χ1n) is 9.04. The number of carbonyl (C=O) groups excluding carboxylic acids is 1. The summed E-state index contributed by atoms with van der Waals surface area (Å²) in [6.45, 7) is 3.61. The highest BCUT2D eigenvalue weighted by Crippen LogP contribution is 2.30. The Labute approximate surface area is 157 Å². The predicted molar refractivity (Wildman–Crippen MR) is 101 cm³/mol. The molecule has 140 valence electrons. The highest BCUT2D eigenvalue weighted by Gasteiger charge is 2.22. The Balaban J connectivity index is 1.36. The van der Waals surface area contributed by atoms with E-state index in [2.05, 4.69) is 4.90 Å². The van der Waals surface area contributed by atoms with Crippen molar-refractivity contribution in [2.45, 2.75) is 0 Å². The van der Waals surface area contributed by atoms with Crippen LogP contribution >= 0.6 is 0 Å². The Hall–Kier alpha value is -2.86. The van der Waals surface area contributed by atoms with Crippen LogP contribution in [0.15, 0.2) is 54.8 Å². The van der Waals surface area contributed by atoms with Gasteiger partial charge in [0, 0.05) is 31.7 Å². The average molecular weight is 368 g/mol. The van der Waals surface area contributed by atoms with Crippen molar-refractivity contribution in [3.63, 3.8) is 0 Å². The van der Waals surface area contributed by atoms with Gasteiger partial charge in [0.2, 0.25) is 0 Å². The van der Waals surface area contributed by atoms with Crippen molar-refractivity contribution in [3.8, 4) is 11.5 Å². The lowest BCUT2D eigenvalue weighted by atomic mass is 10.1. The van der Waals surface area contributed by atoms with Crippen molar-refractivity contribution in [2.24, 2.45) is 0 Å². The number of piperazine rings is 1. The Morgan fingerprint density at radius 1 is 1.04 bits per heavy atom. The van der Waals surface area contributed by atoms with Crippen LogP contribution in [0.3, 0.4) is 0 Å². The largest absolute Gasteiger partial charge is 0.485 e. The van der Waals surface area contributed by atoms with Crippen LogP contribution in [0.25, 0.3) is 0 Å². The van der Waals surface area contributed by atoms with Crippen LogP contribution in [0.4, 0.5) is 10.1 Å². The van der Waals surface area contributed by atoms with Crippen LogP contribution in [0, 0.1) is 5.82 Å². The lowest BCUT2D eigenvalue weighted by Gasteiger charge is -2.35. The van der Waals surface area contributed by atoms with Crippen molar-refractivity contribution >= 4 is 11.5 Å². The molecule has 0 atom stereocenters. The number of anilines is 1. The molecule has 0 amide bonds. The first-order valence-corrected chi connectivity index (χ1v) is 9.04. The maximum absolute atomic E-state index is 13.9. The SMILES string of the molecule is O=C(CN1CCN(c2ccccc2F)CC1)c1ccc2c(c1)OC=CCO2. The van der Waals surface area contributed by atoms with Gasteiger partial charge in [-0.05, 0) is 36.4 Å². The molecule has 0 aliphatic carbocycles. The molecule has 0 unspecified atom stereocenters. The van der Waals surface area contributed by atoms with E-state index in [1.54, 1.807) is 42.7 Å². The van der Waals surface area contributed by atoms with Gasteiger partial charge in [0.25, 0.3) is 0 Å². The number of ether oxygens (including phenoxy) is 2. The summed E-state index contributed by atoms with van der Waals surface area (Å²) in [7, 11) is 0. The molecule has 0 bridgehead atoms. The van der Waals surface area contributed by atoms with Gasteiger partial charge in [-0.25, -0.2) is 4.39 Å². The summed E-state index contributed by atoms with van der Waals surface area (Å²) < 4.78 is 25.0. The van der Waals surface area contributed by atoms with E-state index in [1.807, 2.05) is 11.0 Å². The topological polar surface area (TPSA) is 42.0 Å². The molecule has 0 aromatic heterocycles. The number of fused-ring (bicyclic) bond motifs is 1. The number of hydrogen-bond acceptors (Lipinski definition) is 5. The number of rotatable bonds is 4. The highest BCUT2D eigenvalue weighted by atomic mass is 19.1. The van der Waals surface area contributed by atoms with E-state index in [1.165, 1.54) is 6.07 Å². The molecular formula is C21H21FN2O3. The van der Waals surface area contributed by atoms with Crippen molar-refractivity contribution < 1.29 is 18.7 Å². The van der Waals surface area contributed by atoms with Gasteiger partial charge in [0.1, 0.15) is 12.4 Å². The molecule has 2 aliphatic heterocycles. The van der Waals surface area contributed by atoms with Crippen LogP contribution in [0.2, 0.25) is 0 Å². The van der Waals surface area contributed by atoms with Gasteiger partial charge in [-0.3, -0.25) is 9.69 Å². The number of benzene rings is 2. The number of ketones is 1. The van der Waals surface area contributed by atoms with Gasteiger partial charge < -0.3 is 14.4 Å². The fourth-order valence-corrected chi connectivity index (χ4v) is 3.34. The molecule has 27 heavy (non-hydrogen) atoms. The van der Waals surface area contributed by atoms with E-state index in [0.29, 0.717) is 62.1 Å². The summed E-state index contributed by atoms with van der Waals surface area (Å²) in [4.78, 5) is 16.8. The smallest absolute Gasteiger partial charge is 0.176 e. The van der Waals surface area contributed by atoms with Crippen LogP contribution in [-0.2, 0) is 0 Å². The molecule has 2 heterocycles. The van der Waals surface area contributed by atoms with Crippen molar-refractivity contribution in [1.29, 1.82) is 0 Å². The Morgan fingerprint density at radius 3 is 2.67 bits per heavy atom. The summed E-state index contributed by atoms with van der Waals surface area (Å²) in [5.74, 6) is 1.02. The lowest BCUT2D eigenvalue weighted by Crippen LogP contribution is -2.48. The summed E-state index contributed by atoms with van der Waals surface area (Å²) >= 11 is 0. The average Bonchev–Trinajstić information content (AvgIpc) is 2.94. The number of Topliss-reactive ketones (excluding diaryl/α,β-unsaturated/α-hetero) is 1. The molecule has 0 radical (unpaired) electrons. The van der Waals surface area contributed by atoms with Crippen molar-refractivity contribution in [3.05, 3.63) is 66.2 Å². The van der Waals surface area contributed by atoms with Crippen LogP contribution in [0.1, 0.15) is 10.4 Å². The molecule has 1 saturated heterocycles. The van der Waals surface area contributed by atoms with E-state index in [-0.39, 0.29) is 11.6 Å². The molecule has 2 aromatic rings. The Morgan fingerprint density at radius 2 is 1.85 bits per heavy atom. The van der Waals surface area contributed by atoms with E-state index >= 15 is 0 Å². The van der Waals surface area contributed by atoms with Crippen molar-refractivity contribution in [1.82, 2.24) is 4.90 Å².